The maximum absolute atomic E-state index is 12.9. The molecule has 1 fully saturated rings. The highest BCUT2D eigenvalue weighted by Gasteiger charge is 2.30. The summed E-state index contributed by atoms with van der Waals surface area (Å²) in [5, 5.41) is 9.62. The van der Waals surface area contributed by atoms with Gasteiger partial charge < -0.3 is 19.7 Å². The molecule has 2 N–H and O–H groups in total. The van der Waals surface area contributed by atoms with E-state index in [1.807, 2.05) is 38.1 Å². The van der Waals surface area contributed by atoms with Crippen LogP contribution in [0.3, 0.4) is 0 Å². The third-order valence-corrected chi connectivity index (χ3v) is 4.68. The molecule has 1 aromatic carbocycles. The zero-order valence-corrected chi connectivity index (χ0v) is 16.3. The summed E-state index contributed by atoms with van der Waals surface area (Å²) in [6, 6.07) is 8.74. The summed E-state index contributed by atoms with van der Waals surface area (Å²) in [5.41, 5.74) is 2.63. The van der Waals surface area contributed by atoms with Gasteiger partial charge in [0.15, 0.2) is 0 Å². The second-order valence-electron chi connectivity index (χ2n) is 6.84. The number of hydrogen-bond donors (Lipinski definition) is 2. The molecule has 150 valence electrons. The molecule has 0 bridgehead atoms. The number of benzene rings is 1. The number of nitrogens with zero attached hydrogens (tertiary/aromatic N) is 4. The Morgan fingerprint density at radius 1 is 1.28 bits per heavy atom. The molecule has 2 aromatic heterocycles. The Morgan fingerprint density at radius 3 is 2.97 bits per heavy atom. The monoisotopic (exact) mass is 394 g/mol. The summed E-state index contributed by atoms with van der Waals surface area (Å²) >= 11 is 0. The van der Waals surface area contributed by atoms with Crippen LogP contribution in [0.5, 0.6) is 11.6 Å². The number of amides is 2. The molecule has 1 aliphatic rings. The number of ether oxygens (including phenoxy) is 2. The van der Waals surface area contributed by atoms with E-state index in [1.54, 1.807) is 17.2 Å². The molecular formula is C20H22N6O3. The highest BCUT2D eigenvalue weighted by molar-refractivity contribution is 5.90. The van der Waals surface area contributed by atoms with Crippen LogP contribution < -0.4 is 10.1 Å². The fourth-order valence-corrected chi connectivity index (χ4v) is 3.11. The molecule has 2 amide bonds. The van der Waals surface area contributed by atoms with Crippen LogP contribution in [-0.2, 0) is 4.74 Å². The number of nitrogens with one attached hydrogen (secondary N) is 2. The van der Waals surface area contributed by atoms with E-state index < -0.39 is 0 Å². The number of morpholine rings is 1. The van der Waals surface area contributed by atoms with Crippen LogP contribution in [0.1, 0.15) is 23.0 Å². The van der Waals surface area contributed by atoms with Gasteiger partial charge in [0.1, 0.15) is 23.9 Å². The van der Waals surface area contributed by atoms with Crippen molar-refractivity contribution in [2.45, 2.75) is 19.9 Å². The first-order valence-corrected chi connectivity index (χ1v) is 9.32. The third-order valence-electron chi connectivity index (χ3n) is 4.68. The molecule has 0 saturated carbocycles. The molecule has 1 saturated heterocycles. The van der Waals surface area contributed by atoms with Crippen LogP contribution in [0.2, 0.25) is 0 Å². The minimum Gasteiger partial charge on any atom is -0.439 e. The van der Waals surface area contributed by atoms with Crippen LogP contribution in [0.4, 0.5) is 10.5 Å². The Bertz CT molecular complexity index is 992. The molecule has 3 heterocycles. The first-order valence-electron chi connectivity index (χ1n) is 9.32. The average molecular weight is 394 g/mol. The van der Waals surface area contributed by atoms with Gasteiger partial charge >= 0.3 is 6.03 Å². The molecule has 0 aliphatic carbocycles. The van der Waals surface area contributed by atoms with Gasteiger partial charge in [0.2, 0.25) is 5.88 Å². The van der Waals surface area contributed by atoms with E-state index in [-0.39, 0.29) is 12.1 Å². The predicted molar refractivity (Wildman–Crippen MR) is 106 cm³/mol. The van der Waals surface area contributed by atoms with E-state index >= 15 is 0 Å². The maximum Gasteiger partial charge on any atom is 0.322 e. The summed E-state index contributed by atoms with van der Waals surface area (Å²) in [6.07, 6.45) is 3.12. The summed E-state index contributed by atoms with van der Waals surface area (Å²) in [5.74, 6) is 1.74. The zero-order valence-electron chi connectivity index (χ0n) is 16.3. The van der Waals surface area contributed by atoms with E-state index in [4.69, 9.17) is 9.47 Å². The standard InChI is InChI=1S/C20H22N6O3/c1-13-5-6-21-18(9-13)29-17-10-15(4-3-14(17)2)24-20(27)26-7-8-28-11-16(26)19-22-12-23-25-19/h3-6,9-10,12,16H,7-8,11H2,1-2H3,(H,24,27)(H,22,23,25). The maximum atomic E-state index is 12.9. The number of aromatic nitrogens is 4. The smallest absolute Gasteiger partial charge is 0.322 e. The van der Waals surface area contributed by atoms with Gasteiger partial charge in [0.25, 0.3) is 0 Å². The number of aryl methyl sites for hydroxylation is 2. The Balaban J connectivity index is 1.50. The number of anilines is 1. The van der Waals surface area contributed by atoms with Crippen molar-refractivity contribution in [1.29, 1.82) is 0 Å². The predicted octanol–water partition coefficient (Wildman–Crippen LogP) is 3.21. The number of rotatable bonds is 4. The van der Waals surface area contributed by atoms with Gasteiger partial charge in [-0.25, -0.2) is 14.8 Å². The third kappa shape index (κ3) is 4.35. The molecule has 0 spiro atoms. The molecule has 9 nitrogen and oxygen atoms in total. The fourth-order valence-electron chi connectivity index (χ4n) is 3.11. The van der Waals surface area contributed by atoms with Gasteiger partial charge in [-0.15, -0.1) is 0 Å². The number of H-pyrrole nitrogens is 1. The van der Waals surface area contributed by atoms with Crippen LogP contribution in [-0.4, -0.2) is 50.9 Å². The first kappa shape index (κ1) is 18.9. The summed E-state index contributed by atoms with van der Waals surface area (Å²) < 4.78 is 11.4. The second kappa shape index (κ2) is 8.27. The van der Waals surface area contributed by atoms with E-state index in [1.165, 1.54) is 6.33 Å². The van der Waals surface area contributed by atoms with Crippen molar-refractivity contribution in [2.75, 3.05) is 25.1 Å². The van der Waals surface area contributed by atoms with Crippen LogP contribution in [0.15, 0.2) is 42.9 Å². The Hall–Kier alpha value is -3.46. The van der Waals surface area contributed by atoms with Gasteiger partial charge in [-0.05, 0) is 37.1 Å². The lowest BCUT2D eigenvalue weighted by Crippen LogP contribution is -2.45. The van der Waals surface area contributed by atoms with Crippen molar-refractivity contribution in [3.63, 3.8) is 0 Å². The molecule has 1 aliphatic heterocycles. The molecule has 9 heteroatoms. The molecule has 29 heavy (non-hydrogen) atoms. The second-order valence-corrected chi connectivity index (χ2v) is 6.84. The summed E-state index contributed by atoms with van der Waals surface area (Å²) in [4.78, 5) is 23.0. The van der Waals surface area contributed by atoms with Gasteiger partial charge in [0.05, 0.1) is 13.2 Å². The van der Waals surface area contributed by atoms with E-state index in [0.29, 0.717) is 42.9 Å². The first-order chi connectivity index (χ1) is 14.1. The lowest BCUT2D eigenvalue weighted by molar-refractivity contribution is 0.0118. The molecule has 3 aromatic rings. The lowest BCUT2D eigenvalue weighted by Gasteiger charge is -2.34. The topological polar surface area (TPSA) is 105 Å². The molecule has 0 radical (unpaired) electrons. The highest BCUT2D eigenvalue weighted by Crippen LogP contribution is 2.28. The number of hydrogen-bond acceptors (Lipinski definition) is 6. The molecule has 1 atom stereocenters. The average Bonchev–Trinajstić information content (AvgIpc) is 3.25. The molecule has 4 rings (SSSR count). The Kier molecular flexibility index (Phi) is 5.39. The van der Waals surface area contributed by atoms with Crippen molar-refractivity contribution < 1.29 is 14.3 Å². The molecule has 1 unspecified atom stereocenters. The SMILES string of the molecule is Cc1ccnc(Oc2cc(NC(=O)N3CCOCC3c3ncn[nH]3)ccc2C)c1. The number of carbonyl (C=O) groups excluding carboxylic acids is 1. The number of urea groups is 1. The van der Waals surface area contributed by atoms with Crippen molar-refractivity contribution >= 4 is 11.7 Å². The normalized spacial score (nSPS) is 16.5. The van der Waals surface area contributed by atoms with Crippen molar-refractivity contribution in [3.8, 4) is 11.6 Å². The Labute approximate surface area is 168 Å². The minimum absolute atomic E-state index is 0.238. The largest absolute Gasteiger partial charge is 0.439 e. The van der Waals surface area contributed by atoms with Gasteiger partial charge in [-0.3, -0.25) is 5.10 Å². The van der Waals surface area contributed by atoms with E-state index in [2.05, 4.69) is 25.5 Å². The highest BCUT2D eigenvalue weighted by atomic mass is 16.5. The van der Waals surface area contributed by atoms with Crippen molar-refractivity contribution in [1.82, 2.24) is 25.1 Å². The van der Waals surface area contributed by atoms with Crippen molar-refractivity contribution in [2.24, 2.45) is 0 Å². The van der Waals surface area contributed by atoms with Crippen LogP contribution in [0.25, 0.3) is 0 Å². The minimum atomic E-state index is -0.316. The zero-order chi connectivity index (χ0) is 20.2. The lowest BCUT2D eigenvalue weighted by atomic mass is 10.2. The van der Waals surface area contributed by atoms with Gasteiger partial charge in [-0.2, -0.15) is 5.10 Å². The Morgan fingerprint density at radius 2 is 2.17 bits per heavy atom. The fraction of sp³-hybridized carbons (Fsp3) is 0.300. The molecular weight excluding hydrogens is 372 g/mol. The van der Waals surface area contributed by atoms with Gasteiger partial charge in [-0.1, -0.05) is 6.07 Å². The van der Waals surface area contributed by atoms with E-state index in [0.717, 1.165) is 11.1 Å². The number of carbonyl (C=O) groups is 1. The van der Waals surface area contributed by atoms with Crippen molar-refractivity contribution in [3.05, 3.63) is 59.8 Å². The number of pyridine rings is 1. The van der Waals surface area contributed by atoms with Gasteiger partial charge in [0, 0.05) is 30.6 Å². The van der Waals surface area contributed by atoms with Crippen LogP contribution in [0, 0.1) is 13.8 Å². The summed E-state index contributed by atoms with van der Waals surface area (Å²) in [6.45, 7) is 5.22. The van der Waals surface area contributed by atoms with E-state index in [9.17, 15) is 4.79 Å². The summed E-state index contributed by atoms with van der Waals surface area (Å²) in [7, 11) is 0. The quantitative estimate of drug-likeness (QED) is 0.704. The number of aromatic amines is 1. The van der Waals surface area contributed by atoms with Crippen LogP contribution >= 0.6 is 0 Å².